The van der Waals surface area contributed by atoms with Gasteiger partial charge >= 0.3 is 5.97 Å². The molecule has 0 bridgehead atoms. The third-order valence-corrected chi connectivity index (χ3v) is 9.82. The van der Waals surface area contributed by atoms with Gasteiger partial charge in [-0.2, -0.15) is 0 Å². The van der Waals surface area contributed by atoms with Crippen LogP contribution in [0.2, 0.25) is 0 Å². The summed E-state index contributed by atoms with van der Waals surface area (Å²) >= 11 is 1.38. The summed E-state index contributed by atoms with van der Waals surface area (Å²) in [7, 11) is -2.47. The lowest BCUT2D eigenvalue weighted by atomic mass is 9.79. The number of anilines is 2. The molecule has 0 saturated carbocycles. The van der Waals surface area contributed by atoms with E-state index in [1.54, 1.807) is 18.2 Å². The number of methoxy groups -OCH3 is 1. The number of ether oxygens (including phenoxy) is 2. The van der Waals surface area contributed by atoms with Crippen LogP contribution < -0.4 is 9.64 Å². The molecular formula is C28H38FNO6S2. The number of thioether (sulfide) groups is 1. The van der Waals surface area contributed by atoms with Crippen molar-refractivity contribution in [3.8, 4) is 5.75 Å². The van der Waals surface area contributed by atoms with Gasteiger partial charge < -0.3 is 19.5 Å². The monoisotopic (exact) mass is 567 g/mol. The van der Waals surface area contributed by atoms with Gasteiger partial charge in [0, 0.05) is 30.8 Å². The van der Waals surface area contributed by atoms with Crippen molar-refractivity contribution in [3.05, 3.63) is 42.2 Å². The van der Waals surface area contributed by atoms with Crippen LogP contribution in [-0.2, 0) is 19.4 Å². The summed E-state index contributed by atoms with van der Waals surface area (Å²) in [6, 6.07) is 9.43. The van der Waals surface area contributed by atoms with Crippen LogP contribution in [0.1, 0.15) is 52.4 Å². The highest BCUT2D eigenvalue weighted by atomic mass is 32.2. The van der Waals surface area contributed by atoms with Gasteiger partial charge in [0.1, 0.15) is 18.2 Å². The van der Waals surface area contributed by atoms with E-state index < -0.39 is 27.3 Å². The average molecular weight is 568 g/mol. The molecule has 7 nitrogen and oxygen atoms in total. The Morgan fingerprint density at radius 2 is 1.79 bits per heavy atom. The second-order valence-electron chi connectivity index (χ2n) is 9.87. The number of carbonyl (C=O) groups is 1. The molecule has 1 aliphatic rings. The Labute approximate surface area is 229 Å². The molecule has 2 aromatic carbocycles. The fourth-order valence-corrected chi connectivity index (χ4v) is 7.66. The van der Waals surface area contributed by atoms with E-state index in [0.717, 1.165) is 38.5 Å². The number of carboxylic acids is 1. The Kier molecular flexibility index (Phi) is 10.5. The van der Waals surface area contributed by atoms with Gasteiger partial charge in [-0.25, -0.2) is 17.6 Å². The Morgan fingerprint density at radius 1 is 1.16 bits per heavy atom. The number of rotatable bonds is 13. The van der Waals surface area contributed by atoms with Crippen molar-refractivity contribution < 1.29 is 32.2 Å². The van der Waals surface area contributed by atoms with Gasteiger partial charge in [-0.3, -0.25) is 0 Å². The molecule has 0 radical (unpaired) electrons. The summed E-state index contributed by atoms with van der Waals surface area (Å²) in [5.74, 6) is -1.24. The van der Waals surface area contributed by atoms with Crippen LogP contribution in [-0.4, -0.2) is 57.9 Å². The van der Waals surface area contributed by atoms with Crippen LogP contribution in [0.15, 0.2) is 46.2 Å². The molecule has 0 fully saturated rings. The lowest BCUT2D eigenvalue weighted by Crippen LogP contribution is -2.38. The van der Waals surface area contributed by atoms with E-state index in [4.69, 9.17) is 9.47 Å². The Hall–Kier alpha value is -2.30. The molecule has 1 aliphatic heterocycles. The molecule has 10 heteroatoms. The first-order valence-electron chi connectivity index (χ1n) is 13.0. The largest absolute Gasteiger partial charge is 0.489 e. The minimum Gasteiger partial charge on any atom is -0.489 e. The summed E-state index contributed by atoms with van der Waals surface area (Å²) in [5, 5.41) is 9.33. The van der Waals surface area contributed by atoms with Gasteiger partial charge in [-0.1, -0.05) is 39.5 Å². The molecule has 0 aliphatic carbocycles. The SMILES string of the molecule is CCCCC1(CCCC)CN(c2ccc(F)cc2)c2cc(SC)c(OC[C@@H](OC)C(=O)O)cc2S(=O)(=O)C1. The first kappa shape index (κ1) is 30.2. The van der Waals surface area contributed by atoms with E-state index in [2.05, 4.69) is 13.8 Å². The van der Waals surface area contributed by atoms with Gasteiger partial charge in [0.05, 0.1) is 21.2 Å². The van der Waals surface area contributed by atoms with Gasteiger partial charge in [-0.05, 0) is 49.4 Å². The lowest BCUT2D eigenvalue weighted by Gasteiger charge is -2.37. The van der Waals surface area contributed by atoms with Gasteiger partial charge in [0.15, 0.2) is 15.9 Å². The number of fused-ring (bicyclic) bond motifs is 1. The molecule has 3 rings (SSSR count). The minimum absolute atomic E-state index is 0.00142. The predicted octanol–water partition coefficient (Wildman–Crippen LogP) is 6.32. The normalized spacial score (nSPS) is 16.9. The van der Waals surface area contributed by atoms with Crippen LogP contribution in [0.3, 0.4) is 0 Å². The van der Waals surface area contributed by atoms with E-state index in [9.17, 15) is 22.7 Å². The highest BCUT2D eigenvalue weighted by molar-refractivity contribution is 7.98. The van der Waals surface area contributed by atoms with Gasteiger partial charge in [-0.15, -0.1) is 11.8 Å². The molecule has 0 saturated heterocycles. The summed E-state index contributed by atoms with van der Waals surface area (Å²) in [5.41, 5.74) is 0.751. The topological polar surface area (TPSA) is 93.1 Å². The molecule has 2 aromatic rings. The molecule has 0 amide bonds. The third kappa shape index (κ3) is 7.01. The van der Waals surface area contributed by atoms with Crippen LogP contribution in [0, 0.1) is 11.2 Å². The van der Waals surface area contributed by atoms with Crippen LogP contribution in [0.25, 0.3) is 0 Å². The second-order valence-corrected chi connectivity index (χ2v) is 12.7. The van der Waals surface area contributed by atoms with Crippen LogP contribution in [0.4, 0.5) is 15.8 Å². The maximum absolute atomic E-state index is 14.1. The number of benzene rings is 2. The summed E-state index contributed by atoms with van der Waals surface area (Å²) in [6.45, 7) is 4.43. The number of halogens is 1. The van der Waals surface area contributed by atoms with E-state index >= 15 is 0 Å². The average Bonchev–Trinajstić information content (AvgIpc) is 2.98. The number of carboxylic acid groups (broad SMARTS) is 1. The number of nitrogens with zero attached hydrogens (tertiary/aromatic N) is 1. The molecule has 210 valence electrons. The van der Waals surface area contributed by atoms with Crippen molar-refractivity contribution in [3.63, 3.8) is 0 Å². The zero-order valence-corrected chi connectivity index (χ0v) is 24.2. The van der Waals surface area contributed by atoms with E-state index in [1.807, 2.05) is 11.2 Å². The molecule has 0 spiro atoms. The van der Waals surface area contributed by atoms with Crippen molar-refractivity contribution >= 4 is 38.9 Å². The second kappa shape index (κ2) is 13.2. The highest BCUT2D eigenvalue weighted by Crippen LogP contribution is 2.47. The van der Waals surface area contributed by atoms with Crippen molar-refractivity contribution in [1.29, 1.82) is 0 Å². The Morgan fingerprint density at radius 3 is 2.32 bits per heavy atom. The van der Waals surface area contributed by atoms with Crippen molar-refractivity contribution in [2.45, 2.75) is 68.3 Å². The van der Waals surface area contributed by atoms with E-state index in [-0.39, 0.29) is 28.8 Å². The quantitative estimate of drug-likeness (QED) is 0.281. The summed E-state index contributed by atoms with van der Waals surface area (Å²) < 4.78 is 52.8. The van der Waals surface area contributed by atoms with Gasteiger partial charge in [0.25, 0.3) is 0 Å². The van der Waals surface area contributed by atoms with E-state index in [1.165, 1.54) is 37.1 Å². The number of unbranched alkanes of at least 4 members (excludes halogenated alkanes) is 2. The lowest BCUT2D eigenvalue weighted by molar-refractivity contribution is -0.150. The van der Waals surface area contributed by atoms with Gasteiger partial charge in [0.2, 0.25) is 0 Å². The summed E-state index contributed by atoms with van der Waals surface area (Å²) in [6.07, 6.45) is 5.91. The predicted molar refractivity (Wildman–Crippen MR) is 149 cm³/mol. The molecule has 1 N–H and O–H groups in total. The first-order valence-corrected chi connectivity index (χ1v) is 15.8. The van der Waals surface area contributed by atoms with Crippen molar-refractivity contribution in [2.75, 3.05) is 37.2 Å². The van der Waals surface area contributed by atoms with Crippen LogP contribution in [0.5, 0.6) is 5.75 Å². The number of hydrogen-bond acceptors (Lipinski definition) is 7. The maximum atomic E-state index is 14.1. The molecule has 1 atom stereocenters. The highest BCUT2D eigenvalue weighted by Gasteiger charge is 2.42. The minimum atomic E-state index is -3.76. The number of aliphatic carboxylic acids is 1. The Balaban J connectivity index is 2.20. The molecule has 1 heterocycles. The molecule has 38 heavy (non-hydrogen) atoms. The molecule has 0 unspecified atom stereocenters. The number of sulfone groups is 1. The Bertz CT molecular complexity index is 1190. The first-order chi connectivity index (χ1) is 18.1. The maximum Gasteiger partial charge on any atom is 0.336 e. The zero-order valence-electron chi connectivity index (χ0n) is 22.5. The van der Waals surface area contributed by atoms with E-state index in [0.29, 0.717) is 22.8 Å². The fourth-order valence-electron chi connectivity index (χ4n) is 5.00. The summed E-state index contributed by atoms with van der Waals surface area (Å²) in [4.78, 5) is 14.2. The number of hydrogen-bond donors (Lipinski definition) is 1. The van der Waals surface area contributed by atoms with Crippen molar-refractivity contribution in [1.82, 2.24) is 0 Å². The fraction of sp³-hybridized carbons (Fsp3) is 0.536. The van der Waals surface area contributed by atoms with Crippen molar-refractivity contribution in [2.24, 2.45) is 5.41 Å². The molecule has 0 aromatic heterocycles. The smallest absolute Gasteiger partial charge is 0.336 e. The third-order valence-electron chi connectivity index (χ3n) is 7.07. The zero-order chi connectivity index (χ0) is 27.9. The standard InChI is InChI=1S/C28H38FNO6S2/c1-5-7-13-28(14-8-6-2)18-30(21-11-9-20(29)10-12-21)22-15-25(37-4)23(16-26(22)38(33,34)19-28)36-17-24(35-3)27(31)32/h9-12,15-16,24H,5-8,13-14,17-19H2,1-4H3,(H,31,32)/t24-/m1/s1. The molecular weight excluding hydrogens is 529 g/mol. The van der Waals surface area contributed by atoms with Crippen LogP contribution >= 0.6 is 11.8 Å².